The lowest BCUT2D eigenvalue weighted by Gasteiger charge is -2.05. The molecule has 0 bridgehead atoms. The second-order valence-electron chi connectivity index (χ2n) is 4.56. The van der Waals surface area contributed by atoms with Crippen LogP contribution in [-0.4, -0.2) is 3.96 Å². The van der Waals surface area contributed by atoms with Crippen LogP contribution in [0.4, 0.5) is 4.39 Å². The maximum Gasteiger partial charge on any atom is 0.268 e. The zero-order chi connectivity index (χ0) is 14.1. The number of aromatic nitrogens is 1. The Morgan fingerprint density at radius 2 is 2.00 bits per heavy atom. The number of nitrogens with two attached hydrogens (primary N) is 1. The Labute approximate surface area is 119 Å². The predicted octanol–water partition coefficient (Wildman–Crippen LogP) is 2.71. The summed E-state index contributed by atoms with van der Waals surface area (Å²) >= 11 is 1.35. The Bertz CT molecular complexity index is 822. The molecule has 0 unspecified atom stereocenters. The van der Waals surface area contributed by atoms with E-state index in [0.717, 1.165) is 10.3 Å². The first-order chi connectivity index (χ1) is 9.69. The Kier molecular flexibility index (Phi) is 3.38. The average Bonchev–Trinajstić information content (AvgIpc) is 2.78. The van der Waals surface area contributed by atoms with Crippen LogP contribution in [0.15, 0.2) is 47.3 Å². The molecule has 0 aliphatic heterocycles. The van der Waals surface area contributed by atoms with Crippen molar-refractivity contribution in [1.82, 2.24) is 3.96 Å². The van der Waals surface area contributed by atoms with Crippen molar-refractivity contribution in [1.29, 1.82) is 0 Å². The number of fused-ring (bicyclic) bond motifs is 1. The van der Waals surface area contributed by atoms with Crippen LogP contribution < -0.4 is 11.3 Å². The SMILES string of the molecule is NCc1ccc(Cn2sc3ccccc3c2=O)c(F)c1. The Morgan fingerprint density at radius 3 is 2.70 bits per heavy atom. The standard InChI is InChI=1S/C15H13FN2OS/c16-13-7-10(8-17)5-6-11(13)9-18-15(19)12-3-1-2-4-14(12)20-18/h1-7H,8-9,17H2. The third kappa shape index (κ3) is 2.26. The molecule has 0 atom stereocenters. The quantitative estimate of drug-likeness (QED) is 0.805. The number of hydrogen-bond acceptors (Lipinski definition) is 3. The Morgan fingerprint density at radius 1 is 1.20 bits per heavy atom. The molecule has 1 heterocycles. The molecule has 0 saturated carbocycles. The van der Waals surface area contributed by atoms with Gasteiger partial charge in [-0.3, -0.25) is 8.75 Å². The molecule has 0 aliphatic carbocycles. The second kappa shape index (κ2) is 5.19. The summed E-state index contributed by atoms with van der Waals surface area (Å²) in [5.41, 5.74) is 6.64. The third-order valence-electron chi connectivity index (χ3n) is 3.22. The molecule has 0 spiro atoms. The highest BCUT2D eigenvalue weighted by Gasteiger charge is 2.10. The lowest BCUT2D eigenvalue weighted by atomic mass is 10.1. The van der Waals surface area contributed by atoms with Crippen molar-refractivity contribution in [3.63, 3.8) is 0 Å². The second-order valence-corrected chi connectivity index (χ2v) is 5.62. The minimum Gasteiger partial charge on any atom is -0.326 e. The van der Waals surface area contributed by atoms with Crippen molar-refractivity contribution >= 4 is 21.6 Å². The zero-order valence-corrected chi connectivity index (χ0v) is 11.5. The van der Waals surface area contributed by atoms with Gasteiger partial charge in [-0.1, -0.05) is 35.8 Å². The molecular weight excluding hydrogens is 275 g/mol. The smallest absolute Gasteiger partial charge is 0.268 e. The van der Waals surface area contributed by atoms with Gasteiger partial charge in [-0.05, 0) is 23.8 Å². The molecular formula is C15H13FN2OS. The maximum absolute atomic E-state index is 13.9. The van der Waals surface area contributed by atoms with Gasteiger partial charge in [0.25, 0.3) is 5.56 Å². The van der Waals surface area contributed by atoms with Crippen LogP contribution in [0.1, 0.15) is 11.1 Å². The summed E-state index contributed by atoms with van der Waals surface area (Å²) in [5.74, 6) is -0.322. The van der Waals surface area contributed by atoms with Crippen molar-refractivity contribution in [3.05, 3.63) is 69.8 Å². The summed E-state index contributed by atoms with van der Waals surface area (Å²) < 4.78 is 16.4. The van der Waals surface area contributed by atoms with E-state index < -0.39 is 0 Å². The van der Waals surface area contributed by atoms with E-state index in [4.69, 9.17) is 5.73 Å². The van der Waals surface area contributed by atoms with Gasteiger partial charge < -0.3 is 5.73 Å². The molecule has 1 aromatic heterocycles. The van der Waals surface area contributed by atoms with Gasteiger partial charge in [-0.25, -0.2) is 4.39 Å². The largest absolute Gasteiger partial charge is 0.326 e. The number of nitrogens with zero attached hydrogens (tertiary/aromatic N) is 1. The van der Waals surface area contributed by atoms with E-state index in [2.05, 4.69) is 0 Å². The fraction of sp³-hybridized carbons (Fsp3) is 0.133. The van der Waals surface area contributed by atoms with E-state index in [1.807, 2.05) is 18.2 Å². The van der Waals surface area contributed by atoms with E-state index in [1.165, 1.54) is 17.6 Å². The van der Waals surface area contributed by atoms with E-state index in [-0.39, 0.29) is 17.9 Å². The number of benzene rings is 2. The first kappa shape index (κ1) is 13.0. The van der Waals surface area contributed by atoms with Gasteiger partial charge in [0.15, 0.2) is 0 Å². The molecule has 0 fully saturated rings. The van der Waals surface area contributed by atoms with Crippen LogP contribution in [0.2, 0.25) is 0 Å². The lowest BCUT2D eigenvalue weighted by molar-refractivity contribution is 0.601. The number of halogens is 1. The summed E-state index contributed by atoms with van der Waals surface area (Å²) in [5, 5.41) is 0.677. The fourth-order valence-corrected chi connectivity index (χ4v) is 3.14. The minimum absolute atomic E-state index is 0.0760. The van der Waals surface area contributed by atoms with Crippen molar-refractivity contribution < 1.29 is 4.39 Å². The minimum atomic E-state index is -0.322. The zero-order valence-electron chi connectivity index (χ0n) is 10.7. The molecule has 3 rings (SSSR count). The van der Waals surface area contributed by atoms with Gasteiger partial charge in [0.05, 0.1) is 16.6 Å². The average molecular weight is 288 g/mol. The van der Waals surface area contributed by atoms with Crippen LogP contribution in [0.3, 0.4) is 0 Å². The maximum atomic E-state index is 13.9. The normalized spacial score (nSPS) is 11.1. The first-order valence-electron chi connectivity index (χ1n) is 6.25. The number of rotatable bonds is 3. The van der Waals surface area contributed by atoms with Gasteiger partial charge in [0.2, 0.25) is 0 Å². The molecule has 0 saturated heterocycles. The van der Waals surface area contributed by atoms with Crippen LogP contribution >= 0.6 is 11.5 Å². The molecule has 3 aromatic rings. The molecule has 5 heteroatoms. The summed E-state index contributed by atoms with van der Waals surface area (Å²) in [4.78, 5) is 12.2. The molecule has 2 aromatic carbocycles. The topological polar surface area (TPSA) is 48.0 Å². The van der Waals surface area contributed by atoms with Crippen molar-refractivity contribution in [2.24, 2.45) is 5.73 Å². The Balaban J connectivity index is 2.01. The van der Waals surface area contributed by atoms with E-state index >= 15 is 0 Å². The van der Waals surface area contributed by atoms with Gasteiger partial charge in [-0.2, -0.15) is 0 Å². The number of hydrogen-bond donors (Lipinski definition) is 1. The molecule has 102 valence electrons. The highest BCUT2D eigenvalue weighted by Crippen LogP contribution is 2.18. The van der Waals surface area contributed by atoms with Crippen LogP contribution in [-0.2, 0) is 13.1 Å². The van der Waals surface area contributed by atoms with Crippen molar-refractivity contribution in [2.45, 2.75) is 13.1 Å². The lowest BCUT2D eigenvalue weighted by Crippen LogP contribution is -2.14. The Hall–Kier alpha value is -1.98. The third-order valence-corrected chi connectivity index (χ3v) is 4.29. The van der Waals surface area contributed by atoms with Gasteiger partial charge in [0.1, 0.15) is 5.82 Å². The van der Waals surface area contributed by atoms with Crippen LogP contribution in [0.25, 0.3) is 10.1 Å². The molecule has 0 amide bonds. The molecule has 0 aliphatic rings. The van der Waals surface area contributed by atoms with Crippen LogP contribution in [0, 0.1) is 5.82 Å². The van der Waals surface area contributed by atoms with E-state index in [0.29, 0.717) is 17.5 Å². The summed E-state index contributed by atoms with van der Waals surface area (Å²) in [7, 11) is 0. The van der Waals surface area contributed by atoms with Gasteiger partial charge in [-0.15, -0.1) is 0 Å². The molecule has 3 nitrogen and oxygen atoms in total. The first-order valence-corrected chi connectivity index (χ1v) is 7.02. The van der Waals surface area contributed by atoms with E-state index in [1.54, 1.807) is 22.2 Å². The van der Waals surface area contributed by atoms with Gasteiger partial charge in [0, 0.05) is 12.1 Å². The highest BCUT2D eigenvalue weighted by molar-refractivity contribution is 7.13. The van der Waals surface area contributed by atoms with Crippen LogP contribution in [0.5, 0.6) is 0 Å². The highest BCUT2D eigenvalue weighted by atomic mass is 32.1. The predicted molar refractivity (Wildman–Crippen MR) is 79.5 cm³/mol. The van der Waals surface area contributed by atoms with E-state index in [9.17, 15) is 9.18 Å². The summed E-state index contributed by atoms with van der Waals surface area (Å²) in [6, 6.07) is 12.3. The van der Waals surface area contributed by atoms with Gasteiger partial charge >= 0.3 is 0 Å². The van der Waals surface area contributed by atoms with Crippen molar-refractivity contribution in [3.8, 4) is 0 Å². The monoisotopic (exact) mass is 288 g/mol. The van der Waals surface area contributed by atoms with Crippen molar-refractivity contribution in [2.75, 3.05) is 0 Å². The molecule has 0 radical (unpaired) electrons. The molecule has 2 N–H and O–H groups in total. The molecule has 20 heavy (non-hydrogen) atoms. The fourth-order valence-electron chi connectivity index (χ4n) is 2.12. The summed E-state index contributed by atoms with van der Waals surface area (Å²) in [6.45, 7) is 0.550. The summed E-state index contributed by atoms with van der Waals surface area (Å²) in [6.07, 6.45) is 0.